The molecule has 29 heavy (non-hydrogen) atoms. The van der Waals surface area contributed by atoms with Crippen molar-refractivity contribution < 1.29 is 9.30 Å². The van der Waals surface area contributed by atoms with E-state index in [0.717, 1.165) is 55.6 Å². The summed E-state index contributed by atoms with van der Waals surface area (Å²) in [5.74, 6) is 0.743. The van der Waals surface area contributed by atoms with Crippen molar-refractivity contribution in [3.8, 4) is 5.75 Å². The molecule has 0 N–H and O–H groups in total. The number of likely N-dealkylation sites (tertiary alicyclic amines) is 1. The van der Waals surface area contributed by atoms with Crippen LogP contribution < -0.4 is 10.0 Å². The first-order valence-corrected chi connectivity index (χ1v) is 12.7. The highest BCUT2D eigenvalue weighted by atomic mass is 31.2. The predicted octanol–water partition coefficient (Wildman–Crippen LogP) is 5.27. The van der Waals surface area contributed by atoms with Gasteiger partial charge >= 0.3 is 0 Å². The molecule has 2 atom stereocenters. The molecule has 4 nitrogen and oxygen atoms in total. The number of rotatable bonds is 6. The highest BCUT2D eigenvalue weighted by Crippen LogP contribution is 2.63. The summed E-state index contributed by atoms with van der Waals surface area (Å²) in [7, 11) is -1.16. The molecule has 0 spiro atoms. The lowest BCUT2D eigenvalue weighted by Crippen LogP contribution is -2.41. The van der Waals surface area contributed by atoms with Crippen LogP contribution in [0.1, 0.15) is 49.9 Å². The van der Waals surface area contributed by atoms with Crippen LogP contribution in [0, 0.1) is 0 Å². The third-order valence-electron chi connectivity index (χ3n) is 6.36. The smallest absolute Gasteiger partial charge is 0.199 e. The quantitative estimate of drug-likeness (QED) is 0.605. The van der Waals surface area contributed by atoms with Crippen molar-refractivity contribution in [1.29, 1.82) is 0 Å². The SMILES string of the molecule is COc1ccc([C@H](N2CCCCC2)[P@](=O)(c2ccccc2)N2CCCCC2)cc1. The Kier molecular flexibility index (Phi) is 6.74. The average Bonchev–Trinajstić information content (AvgIpc) is 2.81. The number of nitrogens with zero attached hydrogens (tertiary/aromatic N) is 2. The van der Waals surface area contributed by atoms with Crippen LogP contribution in [-0.2, 0) is 4.57 Å². The van der Waals surface area contributed by atoms with E-state index < -0.39 is 7.29 Å². The van der Waals surface area contributed by atoms with E-state index in [1.165, 1.54) is 25.7 Å². The Morgan fingerprint density at radius 1 is 0.793 bits per heavy atom. The average molecular weight is 413 g/mol. The normalized spacial score (nSPS) is 22.0. The topological polar surface area (TPSA) is 32.8 Å². The van der Waals surface area contributed by atoms with E-state index in [1.807, 2.05) is 30.3 Å². The molecule has 2 aliphatic heterocycles. The predicted molar refractivity (Wildman–Crippen MR) is 120 cm³/mol. The van der Waals surface area contributed by atoms with Gasteiger partial charge in [0.2, 0.25) is 0 Å². The molecule has 2 aromatic rings. The van der Waals surface area contributed by atoms with Crippen molar-refractivity contribution in [2.24, 2.45) is 0 Å². The molecule has 0 unspecified atom stereocenters. The van der Waals surface area contributed by atoms with Gasteiger partial charge in [-0.3, -0.25) is 9.46 Å². The first-order chi connectivity index (χ1) is 14.2. The number of methoxy groups -OCH3 is 1. The third kappa shape index (κ3) is 4.30. The van der Waals surface area contributed by atoms with Crippen LogP contribution in [0.15, 0.2) is 54.6 Å². The summed E-state index contributed by atoms with van der Waals surface area (Å²) in [6.45, 7) is 3.88. The number of hydrogen-bond acceptors (Lipinski definition) is 3. The second kappa shape index (κ2) is 9.47. The lowest BCUT2D eigenvalue weighted by molar-refractivity contribution is 0.198. The summed E-state index contributed by atoms with van der Waals surface area (Å²) in [6.07, 6.45) is 7.13. The zero-order valence-electron chi connectivity index (χ0n) is 17.5. The number of benzene rings is 2. The zero-order chi connectivity index (χ0) is 20.1. The Balaban J connectivity index is 1.83. The second-order valence-electron chi connectivity index (χ2n) is 8.22. The molecule has 5 heteroatoms. The molecule has 0 aromatic heterocycles. The number of ether oxygens (including phenoxy) is 1. The minimum atomic E-state index is -2.85. The summed E-state index contributed by atoms with van der Waals surface area (Å²) in [6, 6.07) is 18.5. The Bertz CT molecular complexity index is 813. The summed E-state index contributed by atoms with van der Waals surface area (Å²) < 4.78 is 22.9. The molecule has 0 saturated carbocycles. The van der Waals surface area contributed by atoms with E-state index >= 15 is 4.57 Å². The highest BCUT2D eigenvalue weighted by Gasteiger charge is 2.45. The molecule has 2 saturated heterocycles. The van der Waals surface area contributed by atoms with Crippen molar-refractivity contribution in [1.82, 2.24) is 9.57 Å². The van der Waals surface area contributed by atoms with E-state index in [1.54, 1.807) is 7.11 Å². The van der Waals surface area contributed by atoms with E-state index in [-0.39, 0.29) is 5.78 Å². The summed E-state index contributed by atoms with van der Waals surface area (Å²) in [5.41, 5.74) is 1.14. The van der Waals surface area contributed by atoms with Crippen molar-refractivity contribution in [3.05, 3.63) is 60.2 Å². The lowest BCUT2D eigenvalue weighted by atomic mass is 10.1. The van der Waals surface area contributed by atoms with Gasteiger partial charge in [0.15, 0.2) is 7.29 Å². The van der Waals surface area contributed by atoms with Gasteiger partial charge in [-0.15, -0.1) is 0 Å². The Labute approximate surface area is 175 Å². The van der Waals surface area contributed by atoms with Gasteiger partial charge in [0.25, 0.3) is 0 Å². The minimum absolute atomic E-state index is 0.103. The van der Waals surface area contributed by atoms with E-state index in [2.05, 4.69) is 33.8 Å². The standard InChI is InChI=1S/C24H33N2O2P/c1-28-22-15-13-21(14-16-22)24(25-17-7-3-8-18-25)29(27,23-11-5-2-6-12-23)26-19-9-4-10-20-26/h2,5-6,11-16,24H,3-4,7-10,17-20H2,1H3/t24-,29-/m1/s1. The van der Waals surface area contributed by atoms with Crippen molar-refractivity contribution in [2.45, 2.75) is 44.3 Å². The molecular weight excluding hydrogens is 379 g/mol. The summed E-state index contributed by atoms with van der Waals surface area (Å²) in [4.78, 5) is 2.49. The Morgan fingerprint density at radius 3 is 1.97 bits per heavy atom. The molecule has 156 valence electrons. The maximum absolute atomic E-state index is 15.2. The fraction of sp³-hybridized carbons (Fsp3) is 0.500. The molecule has 2 aliphatic rings. The Hall–Kier alpha value is -1.61. The maximum Gasteiger partial charge on any atom is 0.199 e. The van der Waals surface area contributed by atoms with E-state index in [0.29, 0.717) is 0 Å². The largest absolute Gasteiger partial charge is 0.497 e. The molecule has 2 heterocycles. The monoisotopic (exact) mass is 412 g/mol. The maximum atomic E-state index is 15.2. The van der Waals surface area contributed by atoms with Gasteiger partial charge in [-0.1, -0.05) is 55.3 Å². The van der Waals surface area contributed by atoms with Crippen molar-refractivity contribution in [2.75, 3.05) is 33.3 Å². The van der Waals surface area contributed by atoms with Crippen molar-refractivity contribution >= 4 is 12.6 Å². The molecule has 0 aliphatic carbocycles. The summed E-state index contributed by atoms with van der Waals surface area (Å²) >= 11 is 0. The van der Waals surface area contributed by atoms with Gasteiger partial charge in [0.1, 0.15) is 11.5 Å². The number of piperidine rings is 2. The molecule has 0 amide bonds. The van der Waals surface area contributed by atoms with Gasteiger partial charge in [0, 0.05) is 18.4 Å². The van der Waals surface area contributed by atoms with E-state index in [4.69, 9.17) is 4.74 Å². The minimum Gasteiger partial charge on any atom is -0.497 e. The van der Waals surface area contributed by atoms with Crippen LogP contribution in [0.5, 0.6) is 5.75 Å². The zero-order valence-corrected chi connectivity index (χ0v) is 18.4. The summed E-state index contributed by atoms with van der Waals surface area (Å²) in [5, 5.41) is 0.994. The second-order valence-corrected chi connectivity index (χ2v) is 11.0. The van der Waals surface area contributed by atoms with Crippen LogP contribution in [0.4, 0.5) is 0 Å². The third-order valence-corrected chi connectivity index (χ3v) is 9.93. The van der Waals surface area contributed by atoms with Gasteiger partial charge < -0.3 is 4.74 Å². The lowest BCUT2D eigenvalue weighted by Gasteiger charge is -2.45. The highest BCUT2D eigenvalue weighted by molar-refractivity contribution is 7.69. The van der Waals surface area contributed by atoms with Crippen LogP contribution in [0.3, 0.4) is 0 Å². The fourth-order valence-corrected chi connectivity index (χ4v) is 8.49. The van der Waals surface area contributed by atoms with Gasteiger partial charge in [-0.25, -0.2) is 4.67 Å². The van der Waals surface area contributed by atoms with Crippen LogP contribution in [0.2, 0.25) is 0 Å². The fourth-order valence-electron chi connectivity index (χ4n) is 4.85. The van der Waals surface area contributed by atoms with Gasteiger partial charge in [-0.2, -0.15) is 0 Å². The first kappa shape index (κ1) is 20.7. The van der Waals surface area contributed by atoms with Gasteiger partial charge in [-0.05, 0) is 56.5 Å². The molecule has 0 radical (unpaired) electrons. The Morgan fingerprint density at radius 2 is 1.38 bits per heavy atom. The first-order valence-electron chi connectivity index (χ1n) is 11.0. The van der Waals surface area contributed by atoms with Crippen LogP contribution >= 0.6 is 7.29 Å². The molecule has 4 rings (SSSR count). The van der Waals surface area contributed by atoms with Crippen molar-refractivity contribution in [3.63, 3.8) is 0 Å². The molecular formula is C24H33N2O2P. The molecule has 2 aromatic carbocycles. The van der Waals surface area contributed by atoms with Gasteiger partial charge in [0.05, 0.1) is 7.11 Å². The van der Waals surface area contributed by atoms with Crippen LogP contribution in [-0.4, -0.2) is 42.9 Å². The van der Waals surface area contributed by atoms with Crippen LogP contribution in [0.25, 0.3) is 0 Å². The molecule has 2 fully saturated rings. The molecule has 0 bridgehead atoms. The number of hydrogen-bond donors (Lipinski definition) is 0. The van der Waals surface area contributed by atoms with E-state index in [9.17, 15) is 0 Å².